The van der Waals surface area contributed by atoms with Gasteiger partial charge in [0.15, 0.2) is 0 Å². The number of nitrogens with zero attached hydrogens (tertiary/aromatic N) is 4. The maximum absolute atomic E-state index is 13.0. The number of hydrogen-bond acceptors (Lipinski definition) is 3. The van der Waals surface area contributed by atoms with Gasteiger partial charge in [0.1, 0.15) is 6.04 Å². The van der Waals surface area contributed by atoms with Crippen molar-refractivity contribution in [3.63, 3.8) is 0 Å². The summed E-state index contributed by atoms with van der Waals surface area (Å²) >= 11 is 0. The SMILES string of the molecule is CC1(C)CC(N2CC(C#N)N(c3cncc4ccccc34)C2=O)C1. The number of pyridine rings is 1. The summed E-state index contributed by atoms with van der Waals surface area (Å²) in [5, 5.41) is 11.5. The van der Waals surface area contributed by atoms with Crippen molar-refractivity contribution in [3.05, 3.63) is 36.7 Å². The second-order valence-corrected chi connectivity index (χ2v) is 7.56. The first-order valence-electron chi connectivity index (χ1n) is 8.32. The summed E-state index contributed by atoms with van der Waals surface area (Å²) < 4.78 is 0. The van der Waals surface area contributed by atoms with Crippen LogP contribution in [0.4, 0.5) is 10.5 Å². The molecule has 1 unspecified atom stereocenters. The van der Waals surface area contributed by atoms with Gasteiger partial charge in [-0.2, -0.15) is 5.26 Å². The van der Waals surface area contributed by atoms with Gasteiger partial charge >= 0.3 is 6.03 Å². The van der Waals surface area contributed by atoms with E-state index in [1.54, 1.807) is 17.3 Å². The first-order valence-corrected chi connectivity index (χ1v) is 8.32. The van der Waals surface area contributed by atoms with Gasteiger partial charge in [-0.25, -0.2) is 4.79 Å². The minimum atomic E-state index is -0.464. The first kappa shape index (κ1) is 14.9. The van der Waals surface area contributed by atoms with Crippen LogP contribution < -0.4 is 4.90 Å². The van der Waals surface area contributed by atoms with Crippen molar-refractivity contribution in [2.24, 2.45) is 5.41 Å². The smallest absolute Gasteiger partial charge is 0.318 e. The van der Waals surface area contributed by atoms with Gasteiger partial charge in [0.25, 0.3) is 0 Å². The molecule has 0 bridgehead atoms. The molecule has 2 fully saturated rings. The van der Waals surface area contributed by atoms with Crippen LogP contribution in [0.15, 0.2) is 36.7 Å². The molecule has 24 heavy (non-hydrogen) atoms. The average Bonchev–Trinajstić information content (AvgIpc) is 2.88. The highest BCUT2D eigenvalue weighted by molar-refractivity contribution is 6.04. The fourth-order valence-corrected chi connectivity index (χ4v) is 4.02. The van der Waals surface area contributed by atoms with Crippen LogP contribution in [0.25, 0.3) is 10.8 Å². The minimum absolute atomic E-state index is 0.0693. The lowest BCUT2D eigenvalue weighted by molar-refractivity contribution is 0.0583. The Morgan fingerprint density at radius 2 is 2.00 bits per heavy atom. The molecule has 2 aromatic rings. The maximum Gasteiger partial charge on any atom is 0.326 e. The lowest BCUT2D eigenvalue weighted by Crippen LogP contribution is -2.50. The number of aromatic nitrogens is 1. The van der Waals surface area contributed by atoms with E-state index in [0.717, 1.165) is 29.3 Å². The molecule has 1 saturated heterocycles. The second kappa shape index (κ2) is 5.20. The largest absolute Gasteiger partial charge is 0.326 e. The van der Waals surface area contributed by atoms with Gasteiger partial charge in [0.05, 0.1) is 24.5 Å². The Kier molecular flexibility index (Phi) is 3.24. The quantitative estimate of drug-likeness (QED) is 0.850. The number of nitriles is 1. The Bertz CT molecular complexity index is 841. The van der Waals surface area contributed by atoms with Crippen molar-refractivity contribution in [1.29, 1.82) is 5.26 Å². The molecule has 122 valence electrons. The van der Waals surface area contributed by atoms with Gasteiger partial charge in [-0.15, -0.1) is 0 Å². The molecule has 0 N–H and O–H groups in total. The van der Waals surface area contributed by atoms with E-state index in [9.17, 15) is 10.1 Å². The summed E-state index contributed by atoms with van der Waals surface area (Å²) in [4.78, 5) is 20.8. The van der Waals surface area contributed by atoms with E-state index >= 15 is 0 Å². The number of carbonyl (C=O) groups is 1. The van der Waals surface area contributed by atoms with Crippen molar-refractivity contribution >= 4 is 22.5 Å². The van der Waals surface area contributed by atoms with Crippen LogP contribution in [0.2, 0.25) is 0 Å². The number of rotatable bonds is 2. The fraction of sp³-hybridized carbons (Fsp3) is 0.421. The lowest BCUT2D eigenvalue weighted by atomic mass is 9.68. The first-order chi connectivity index (χ1) is 11.5. The fourth-order valence-electron chi connectivity index (χ4n) is 4.02. The molecule has 1 aliphatic heterocycles. The van der Waals surface area contributed by atoms with Gasteiger partial charge in [-0.1, -0.05) is 38.1 Å². The Morgan fingerprint density at radius 3 is 2.71 bits per heavy atom. The van der Waals surface area contributed by atoms with E-state index in [-0.39, 0.29) is 12.1 Å². The Hall–Kier alpha value is -2.61. The minimum Gasteiger partial charge on any atom is -0.318 e. The van der Waals surface area contributed by atoms with Gasteiger partial charge in [-0.05, 0) is 18.3 Å². The van der Waals surface area contributed by atoms with Crippen molar-refractivity contribution < 1.29 is 4.79 Å². The maximum atomic E-state index is 13.0. The van der Waals surface area contributed by atoms with Crippen LogP contribution in [0, 0.1) is 16.7 Å². The third kappa shape index (κ3) is 2.22. The molecule has 1 aliphatic carbocycles. The highest BCUT2D eigenvalue weighted by atomic mass is 16.2. The molecule has 1 saturated carbocycles. The third-order valence-corrected chi connectivity index (χ3v) is 5.21. The Morgan fingerprint density at radius 1 is 1.25 bits per heavy atom. The number of hydrogen-bond donors (Lipinski definition) is 0. The lowest BCUT2D eigenvalue weighted by Gasteiger charge is -2.46. The third-order valence-electron chi connectivity index (χ3n) is 5.21. The van der Waals surface area contributed by atoms with E-state index < -0.39 is 6.04 Å². The van der Waals surface area contributed by atoms with E-state index in [0.29, 0.717) is 12.0 Å². The summed E-state index contributed by atoms with van der Waals surface area (Å²) in [5.41, 5.74) is 1.02. The van der Waals surface area contributed by atoms with Crippen molar-refractivity contribution in [2.45, 2.75) is 38.8 Å². The highest BCUT2D eigenvalue weighted by Gasteiger charge is 2.48. The van der Waals surface area contributed by atoms with Crippen LogP contribution in [0.5, 0.6) is 0 Å². The molecule has 2 amide bonds. The number of amides is 2. The normalized spacial score (nSPS) is 23.4. The summed E-state index contributed by atoms with van der Waals surface area (Å²) in [6.07, 6.45) is 5.47. The standard InChI is InChI=1S/C19H20N4O/c1-19(2)7-14(8-19)22-12-15(9-20)23(18(22)24)17-11-21-10-13-5-3-4-6-16(13)17/h3-6,10-11,14-15H,7-8,12H2,1-2H3. The number of fused-ring (bicyclic) bond motifs is 1. The molecule has 4 rings (SSSR count). The molecule has 0 spiro atoms. The molecule has 5 heteroatoms. The predicted octanol–water partition coefficient (Wildman–Crippen LogP) is 3.56. The van der Waals surface area contributed by atoms with Crippen LogP contribution in [-0.4, -0.2) is 34.5 Å². The average molecular weight is 320 g/mol. The van der Waals surface area contributed by atoms with E-state index in [4.69, 9.17) is 0 Å². The zero-order valence-corrected chi connectivity index (χ0v) is 13.9. The zero-order valence-electron chi connectivity index (χ0n) is 13.9. The molecule has 1 aromatic heterocycles. The van der Waals surface area contributed by atoms with Crippen LogP contribution in [0.3, 0.4) is 0 Å². The zero-order chi connectivity index (χ0) is 16.9. The molecule has 1 atom stereocenters. The number of anilines is 1. The summed E-state index contributed by atoms with van der Waals surface area (Å²) in [6.45, 7) is 4.91. The molecule has 2 aliphatic rings. The molecule has 2 heterocycles. The van der Waals surface area contributed by atoms with E-state index in [2.05, 4.69) is 24.9 Å². The summed E-state index contributed by atoms with van der Waals surface area (Å²) in [6, 6.07) is 9.85. The molecular weight excluding hydrogens is 300 g/mol. The summed E-state index contributed by atoms with van der Waals surface area (Å²) in [7, 11) is 0. The number of carbonyl (C=O) groups excluding carboxylic acids is 1. The number of urea groups is 1. The van der Waals surface area contributed by atoms with E-state index in [1.165, 1.54) is 0 Å². The monoisotopic (exact) mass is 320 g/mol. The van der Waals surface area contributed by atoms with Crippen LogP contribution >= 0.6 is 0 Å². The Balaban J connectivity index is 1.71. The molecule has 5 nitrogen and oxygen atoms in total. The topological polar surface area (TPSA) is 60.2 Å². The number of benzene rings is 1. The van der Waals surface area contributed by atoms with Crippen LogP contribution in [0.1, 0.15) is 26.7 Å². The van der Waals surface area contributed by atoms with Crippen molar-refractivity contribution in [3.8, 4) is 6.07 Å². The second-order valence-electron chi connectivity index (χ2n) is 7.56. The van der Waals surface area contributed by atoms with Gasteiger partial charge in [0, 0.05) is 23.0 Å². The van der Waals surface area contributed by atoms with Gasteiger partial charge < -0.3 is 4.90 Å². The van der Waals surface area contributed by atoms with Gasteiger partial charge in [-0.3, -0.25) is 9.88 Å². The Labute approximate surface area is 141 Å². The molecule has 1 aromatic carbocycles. The van der Waals surface area contributed by atoms with Gasteiger partial charge in [0.2, 0.25) is 0 Å². The van der Waals surface area contributed by atoms with E-state index in [1.807, 2.05) is 29.2 Å². The molecule has 0 radical (unpaired) electrons. The van der Waals surface area contributed by atoms with Crippen LogP contribution in [-0.2, 0) is 0 Å². The predicted molar refractivity (Wildman–Crippen MR) is 92.5 cm³/mol. The molecular formula is C19H20N4O. The van der Waals surface area contributed by atoms with Crippen molar-refractivity contribution in [2.75, 3.05) is 11.4 Å². The summed E-state index contributed by atoms with van der Waals surface area (Å²) in [5.74, 6) is 0. The van der Waals surface area contributed by atoms with Crippen molar-refractivity contribution in [1.82, 2.24) is 9.88 Å². The highest BCUT2D eigenvalue weighted by Crippen LogP contribution is 2.44.